The van der Waals surface area contributed by atoms with Crippen molar-refractivity contribution < 1.29 is 5.11 Å². The van der Waals surface area contributed by atoms with Crippen LogP contribution < -0.4 is 0 Å². The minimum absolute atomic E-state index is 0. The molecule has 1 saturated carbocycles. The van der Waals surface area contributed by atoms with Gasteiger partial charge in [-0.3, -0.25) is 0 Å². The highest BCUT2D eigenvalue weighted by molar-refractivity contribution is 5.85. The average molecular weight is 166 g/mol. The fourth-order valence-corrected chi connectivity index (χ4v) is 1.40. The van der Waals surface area contributed by atoms with Crippen molar-refractivity contribution in [2.45, 2.75) is 31.4 Å². The van der Waals surface area contributed by atoms with Crippen LogP contribution in [0.1, 0.15) is 19.3 Å². The maximum atomic E-state index is 9.12. The molecule has 0 aliphatic heterocycles. The molecule has 0 spiro atoms. The summed E-state index contributed by atoms with van der Waals surface area (Å²) in [5, 5.41) is 9.12. The first-order valence-corrected chi connectivity index (χ1v) is 3.54. The predicted octanol–water partition coefficient (Wildman–Crippen LogP) is 0.883. The monoisotopic (exact) mass is 165 g/mol. The Morgan fingerprint density at radius 1 is 1.30 bits per heavy atom. The molecule has 1 aliphatic carbocycles. The van der Waals surface area contributed by atoms with Crippen LogP contribution in [0, 0.1) is 0 Å². The van der Waals surface area contributed by atoms with Gasteiger partial charge >= 0.3 is 0 Å². The predicted molar refractivity (Wildman–Crippen MR) is 44.6 cm³/mol. The topological polar surface area (TPSA) is 23.5 Å². The first-order chi connectivity index (χ1) is 4.20. The molecule has 10 heavy (non-hydrogen) atoms. The van der Waals surface area contributed by atoms with Gasteiger partial charge in [0.2, 0.25) is 0 Å². The number of aliphatic hydroxyl groups is 1. The van der Waals surface area contributed by atoms with Crippen molar-refractivity contribution in [3.05, 3.63) is 0 Å². The lowest BCUT2D eigenvalue weighted by Gasteiger charge is -2.17. The van der Waals surface area contributed by atoms with E-state index in [2.05, 4.69) is 19.0 Å². The van der Waals surface area contributed by atoms with E-state index in [-0.39, 0.29) is 18.5 Å². The molecule has 62 valence electrons. The van der Waals surface area contributed by atoms with Crippen LogP contribution in [0.25, 0.3) is 0 Å². The maximum absolute atomic E-state index is 9.12. The van der Waals surface area contributed by atoms with E-state index >= 15 is 0 Å². The molecule has 0 aromatic rings. The highest BCUT2D eigenvalue weighted by Crippen LogP contribution is 2.21. The smallest absolute Gasteiger partial charge is 0.0555 e. The normalized spacial score (nSPS) is 32.4. The lowest BCUT2D eigenvalue weighted by atomic mass is 10.2. The number of rotatable bonds is 1. The van der Waals surface area contributed by atoms with Crippen molar-refractivity contribution in [1.29, 1.82) is 0 Å². The van der Waals surface area contributed by atoms with Crippen LogP contribution in [0.4, 0.5) is 0 Å². The largest absolute Gasteiger partial charge is 0.393 e. The van der Waals surface area contributed by atoms with Gasteiger partial charge in [0.25, 0.3) is 0 Å². The Balaban J connectivity index is 0.000000810. The molecule has 1 aliphatic rings. The second-order valence-electron chi connectivity index (χ2n) is 3.08. The maximum Gasteiger partial charge on any atom is 0.0555 e. The van der Waals surface area contributed by atoms with Gasteiger partial charge in [0, 0.05) is 6.04 Å². The number of nitrogens with zero attached hydrogens (tertiary/aromatic N) is 1. The summed E-state index contributed by atoms with van der Waals surface area (Å²) in [4.78, 5) is 2.19. The summed E-state index contributed by atoms with van der Waals surface area (Å²) in [6, 6.07) is 0.625. The molecule has 0 amide bonds. The van der Waals surface area contributed by atoms with Crippen molar-refractivity contribution in [1.82, 2.24) is 4.90 Å². The standard InChI is InChI=1S/C7H15NO.ClH/c1-8(2)6-3-4-7(9)5-6;/h6-7,9H,3-5H2,1-2H3;1H/t6-,7+;/m0./s1. The third-order valence-corrected chi connectivity index (χ3v) is 2.11. The molecule has 0 bridgehead atoms. The summed E-state index contributed by atoms with van der Waals surface area (Å²) in [6.45, 7) is 0. The number of hydrogen-bond acceptors (Lipinski definition) is 2. The Hall–Kier alpha value is 0.210. The van der Waals surface area contributed by atoms with Gasteiger partial charge in [-0.15, -0.1) is 12.4 Å². The molecule has 2 atom stereocenters. The second kappa shape index (κ2) is 4.16. The highest BCUT2D eigenvalue weighted by atomic mass is 35.5. The van der Waals surface area contributed by atoms with Gasteiger partial charge in [-0.2, -0.15) is 0 Å². The summed E-state index contributed by atoms with van der Waals surface area (Å²) in [5.41, 5.74) is 0. The minimum atomic E-state index is -0.0302. The van der Waals surface area contributed by atoms with E-state index in [0.717, 1.165) is 19.3 Å². The number of hydrogen-bond donors (Lipinski definition) is 1. The van der Waals surface area contributed by atoms with Gasteiger partial charge in [-0.1, -0.05) is 0 Å². The Morgan fingerprint density at radius 3 is 2.10 bits per heavy atom. The first-order valence-electron chi connectivity index (χ1n) is 3.54. The molecule has 0 aromatic carbocycles. The highest BCUT2D eigenvalue weighted by Gasteiger charge is 2.23. The third kappa shape index (κ3) is 2.45. The van der Waals surface area contributed by atoms with Crippen LogP contribution in [0.3, 0.4) is 0 Å². The van der Waals surface area contributed by atoms with Crippen molar-refractivity contribution in [2.75, 3.05) is 14.1 Å². The van der Waals surface area contributed by atoms with E-state index in [1.165, 1.54) is 0 Å². The zero-order valence-corrected chi connectivity index (χ0v) is 7.40. The summed E-state index contributed by atoms with van der Waals surface area (Å²) in [5.74, 6) is 0. The molecule has 0 aromatic heterocycles. The van der Waals surface area contributed by atoms with Crippen LogP contribution in [0.5, 0.6) is 0 Å². The average Bonchev–Trinajstić information content (AvgIpc) is 2.14. The molecule has 0 saturated heterocycles. The van der Waals surface area contributed by atoms with Crippen molar-refractivity contribution in [3.63, 3.8) is 0 Å². The summed E-state index contributed by atoms with van der Waals surface area (Å²) < 4.78 is 0. The van der Waals surface area contributed by atoms with Crippen molar-refractivity contribution in [2.24, 2.45) is 0 Å². The van der Waals surface area contributed by atoms with Gasteiger partial charge in [-0.25, -0.2) is 0 Å². The Morgan fingerprint density at radius 2 is 1.90 bits per heavy atom. The van der Waals surface area contributed by atoms with E-state index in [1.54, 1.807) is 0 Å². The van der Waals surface area contributed by atoms with Gasteiger partial charge in [0.1, 0.15) is 0 Å². The van der Waals surface area contributed by atoms with Crippen LogP contribution in [0.15, 0.2) is 0 Å². The zero-order chi connectivity index (χ0) is 6.85. The molecule has 0 radical (unpaired) electrons. The molecule has 2 nitrogen and oxygen atoms in total. The SMILES string of the molecule is CN(C)[C@H]1CC[C@@H](O)C1.Cl. The number of halogens is 1. The summed E-state index contributed by atoms with van der Waals surface area (Å²) in [7, 11) is 4.14. The fourth-order valence-electron chi connectivity index (χ4n) is 1.40. The van der Waals surface area contributed by atoms with Gasteiger partial charge < -0.3 is 10.0 Å². The third-order valence-electron chi connectivity index (χ3n) is 2.11. The van der Waals surface area contributed by atoms with Crippen LogP contribution in [-0.4, -0.2) is 36.2 Å². The van der Waals surface area contributed by atoms with Gasteiger partial charge in [0.15, 0.2) is 0 Å². The van der Waals surface area contributed by atoms with Crippen LogP contribution in [0.2, 0.25) is 0 Å². The lowest BCUT2D eigenvalue weighted by Crippen LogP contribution is -2.25. The lowest BCUT2D eigenvalue weighted by molar-refractivity contribution is 0.169. The van der Waals surface area contributed by atoms with E-state index in [4.69, 9.17) is 5.11 Å². The first kappa shape index (κ1) is 10.2. The minimum Gasteiger partial charge on any atom is -0.393 e. The van der Waals surface area contributed by atoms with Crippen LogP contribution in [-0.2, 0) is 0 Å². The Labute approximate surface area is 68.6 Å². The van der Waals surface area contributed by atoms with Gasteiger partial charge in [-0.05, 0) is 33.4 Å². The second-order valence-corrected chi connectivity index (χ2v) is 3.08. The molecule has 1 rings (SSSR count). The zero-order valence-electron chi connectivity index (χ0n) is 6.58. The van der Waals surface area contributed by atoms with Crippen molar-refractivity contribution in [3.8, 4) is 0 Å². The Bertz CT molecular complexity index is 97.6. The molecule has 1 N–H and O–H groups in total. The molecule has 3 heteroatoms. The molecule has 1 fully saturated rings. The van der Waals surface area contributed by atoms with E-state index in [0.29, 0.717) is 6.04 Å². The van der Waals surface area contributed by atoms with E-state index < -0.39 is 0 Å². The van der Waals surface area contributed by atoms with E-state index in [1.807, 2.05) is 0 Å². The Kier molecular flexibility index (Phi) is 4.25. The quantitative estimate of drug-likeness (QED) is 0.624. The molecule has 0 unspecified atom stereocenters. The molecule has 0 heterocycles. The van der Waals surface area contributed by atoms with Gasteiger partial charge in [0.05, 0.1) is 6.10 Å². The van der Waals surface area contributed by atoms with E-state index in [9.17, 15) is 0 Å². The number of aliphatic hydroxyl groups excluding tert-OH is 1. The van der Waals surface area contributed by atoms with Crippen LogP contribution >= 0.6 is 12.4 Å². The molecular weight excluding hydrogens is 150 g/mol. The van der Waals surface area contributed by atoms with Crippen molar-refractivity contribution >= 4 is 12.4 Å². The molecular formula is C7H16ClNO. The summed E-state index contributed by atoms with van der Waals surface area (Å²) in [6.07, 6.45) is 3.08. The summed E-state index contributed by atoms with van der Waals surface area (Å²) >= 11 is 0. The fraction of sp³-hybridized carbons (Fsp3) is 1.00.